The molecule has 0 heterocycles. The number of benzene rings is 1. The lowest BCUT2D eigenvalue weighted by Gasteiger charge is -2.24. The van der Waals surface area contributed by atoms with Gasteiger partial charge >= 0.3 is 18.2 Å². The molecule has 1 aromatic carbocycles. The molecular formula is C18H21F3N2O4. The van der Waals surface area contributed by atoms with E-state index in [1.807, 2.05) is 0 Å². The molecule has 6 nitrogen and oxygen atoms in total. The first-order chi connectivity index (χ1) is 12.4. The Morgan fingerprint density at radius 2 is 1.78 bits per heavy atom. The first kappa shape index (κ1) is 22.3. The maximum absolute atomic E-state index is 12.5. The largest absolute Gasteiger partial charge is 0.445 e. The topological polar surface area (TPSA) is 88.4 Å². The van der Waals surface area contributed by atoms with Gasteiger partial charge in [-0.1, -0.05) is 30.3 Å². The summed E-state index contributed by atoms with van der Waals surface area (Å²) in [5, 5.41) is 11.1. The second kappa shape index (κ2) is 9.26. The van der Waals surface area contributed by atoms with Crippen LogP contribution < -0.4 is 5.32 Å². The van der Waals surface area contributed by atoms with Gasteiger partial charge in [0.25, 0.3) is 0 Å². The fourth-order valence-electron chi connectivity index (χ4n) is 2.04. The molecule has 0 aromatic heterocycles. The number of hydrogen-bond donors (Lipinski definition) is 1. The van der Waals surface area contributed by atoms with Crippen molar-refractivity contribution in [2.75, 3.05) is 0 Å². The van der Waals surface area contributed by atoms with Crippen molar-refractivity contribution in [2.24, 2.45) is 0 Å². The zero-order valence-electron chi connectivity index (χ0n) is 15.2. The van der Waals surface area contributed by atoms with Crippen LogP contribution in [0.5, 0.6) is 0 Å². The van der Waals surface area contributed by atoms with Crippen molar-refractivity contribution in [3.63, 3.8) is 0 Å². The average Bonchev–Trinajstić information content (AvgIpc) is 2.51. The minimum Gasteiger partial charge on any atom is -0.445 e. The summed E-state index contributed by atoms with van der Waals surface area (Å²) in [6, 6.07) is 8.48. The van der Waals surface area contributed by atoms with Crippen LogP contribution in [0.2, 0.25) is 0 Å². The van der Waals surface area contributed by atoms with E-state index in [2.05, 4.69) is 10.1 Å². The maximum atomic E-state index is 12.5. The Hall–Kier alpha value is -2.76. The van der Waals surface area contributed by atoms with Gasteiger partial charge in [0.2, 0.25) is 0 Å². The lowest BCUT2D eigenvalue weighted by Crippen LogP contribution is -2.46. The van der Waals surface area contributed by atoms with Crippen molar-refractivity contribution >= 4 is 12.1 Å². The van der Waals surface area contributed by atoms with Crippen molar-refractivity contribution in [3.8, 4) is 6.07 Å². The van der Waals surface area contributed by atoms with Gasteiger partial charge < -0.3 is 14.8 Å². The number of carbonyl (C=O) groups is 2. The highest BCUT2D eigenvalue weighted by atomic mass is 19.4. The molecule has 0 aliphatic heterocycles. The molecule has 1 N–H and O–H groups in total. The summed E-state index contributed by atoms with van der Waals surface area (Å²) in [7, 11) is 0. The van der Waals surface area contributed by atoms with E-state index in [9.17, 15) is 22.8 Å². The molecule has 1 rings (SSSR count). The van der Waals surface area contributed by atoms with Crippen molar-refractivity contribution in [1.29, 1.82) is 5.26 Å². The monoisotopic (exact) mass is 386 g/mol. The van der Waals surface area contributed by atoms with Crippen LogP contribution in [0.3, 0.4) is 0 Å². The first-order valence-electron chi connectivity index (χ1n) is 8.10. The van der Waals surface area contributed by atoms with Crippen LogP contribution in [0.15, 0.2) is 30.3 Å². The predicted molar refractivity (Wildman–Crippen MR) is 89.5 cm³/mol. The number of ether oxygens (including phenoxy) is 2. The van der Waals surface area contributed by atoms with Crippen molar-refractivity contribution < 1.29 is 32.2 Å². The fraction of sp³-hybridized carbons (Fsp3) is 0.500. The molecule has 0 aliphatic rings. The Morgan fingerprint density at radius 1 is 1.19 bits per heavy atom. The van der Waals surface area contributed by atoms with Gasteiger partial charge in [0.1, 0.15) is 17.7 Å². The molecule has 0 radical (unpaired) electrons. The number of esters is 1. The van der Waals surface area contributed by atoms with E-state index < -0.39 is 42.4 Å². The predicted octanol–water partition coefficient (Wildman–Crippen LogP) is 3.51. The Kier molecular flexibility index (Phi) is 7.64. The highest BCUT2D eigenvalue weighted by molar-refractivity contribution is 5.82. The normalized spacial score (nSPS) is 13.8. The summed E-state index contributed by atoms with van der Waals surface area (Å²) in [6.07, 6.45) is -9.24. The molecule has 0 spiro atoms. The zero-order valence-corrected chi connectivity index (χ0v) is 15.2. The molecule has 2 atom stereocenters. The molecule has 0 unspecified atom stereocenters. The first-order valence-corrected chi connectivity index (χ1v) is 8.10. The van der Waals surface area contributed by atoms with Crippen LogP contribution >= 0.6 is 0 Å². The maximum Gasteiger partial charge on any atom is 0.408 e. The Morgan fingerprint density at radius 3 is 2.26 bits per heavy atom. The fourth-order valence-corrected chi connectivity index (χ4v) is 2.04. The molecule has 27 heavy (non-hydrogen) atoms. The van der Waals surface area contributed by atoms with Crippen LogP contribution in [-0.4, -0.2) is 36.0 Å². The summed E-state index contributed by atoms with van der Waals surface area (Å²) in [5.41, 5.74) is -0.198. The highest BCUT2D eigenvalue weighted by Gasteiger charge is 2.35. The summed E-state index contributed by atoms with van der Waals surface area (Å²) >= 11 is 0. The number of carbonyl (C=O) groups excluding carboxylic acids is 2. The number of nitrogens with one attached hydrogen (secondary N) is 1. The van der Waals surface area contributed by atoms with Crippen LogP contribution in [0.25, 0.3) is 0 Å². The summed E-state index contributed by atoms with van der Waals surface area (Å²) < 4.78 is 47.1. The Bertz CT molecular complexity index is 679. The molecule has 9 heteroatoms. The molecule has 0 saturated carbocycles. The van der Waals surface area contributed by atoms with Gasteiger partial charge in [0.05, 0.1) is 6.42 Å². The quantitative estimate of drug-likeness (QED) is 0.756. The second-order valence-corrected chi connectivity index (χ2v) is 6.76. The number of rotatable bonds is 6. The van der Waals surface area contributed by atoms with Crippen LogP contribution in [0.1, 0.15) is 32.8 Å². The van der Waals surface area contributed by atoms with Crippen LogP contribution in [0.4, 0.5) is 18.0 Å². The number of nitriles is 1. The summed E-state index contributed by atoms with van der Waals surface area (Å²) in [6.45, 7) is 4.85. The summed E-state index contributed by atoms with van der Waals surface area (Å²) in [4.78, 5) is 24.3. The van der Waals surface area contributed by atoms with E-state index in [-0.39, 0.29) is 6.42 Å². The molecule has 0 aliphatic carbocycles. The van der Waals surface area contributed by atoms with Crippen LogP contribution in [0, 0.1) is 11.3 Å². The molecule has 148 valence electrons. The van der Waals surface area contributed by atoms with E-state index in [4.69, 9.17) is 10.00 Å². The van der Waals surface area contributed by atoms with Crippen LogP contribution in [-0.2, 0) is 20.7 Å². The van der Waals surface area contributed by atoms with Gasteiger partial charge in [-0.2, -0.15) is 18.4 Å². The third-order valence-corrected chi connectivity index (χ3v) is 3.08. The third-order valence-electron chi connectivity index (χ3n) is 3.08. The van der Waals surface area contributed by atoms with Crippen molar-refractivity contribution in [2.45, 2.75) is 57.5 Å². The van der Waals surface area contributed by atoms with Gasteiger partial charge in [0.15, 0.2) is 6.10 Å². The van der Waals surface area contributed by atoms with Gasteiger partial charge in [-0.05, 0) is 26.3 Å². The SMILES string of the molecule is CC(C)(C)OC(=O)N[C@@H](Cc1ccccc1)C(=O)O[C@@H](C#N)CC(F)(F)F. The van der Waals surface area contributed by atoms with E-state index in [0.29, 0.717) is 5.56 Å². The van der Waals surface area contributed by atoms with Crippen molar-refractivity contribution in [1.82, 2.24) is 5.32 Å². The zero-order chi connectivity index (χ0) is 20.7. The second-order valence-electron chi connectivity index (χ2n) is 6.76. The molecule has 0 saturated heterocycles. The van der Waals surface area contributed by atoms with E-state index in [1.54, 1.807) is 51.1 Å². The molecule has 1 amide bonds. The number of halogens is 3. The smallest absolute Gasteiger partial charge is 0.408 e. The number of alkyl halides is 3. The number of amides is 1. The van der Waals surface area contributed by atoms with E-state index in [0.717, 1.165) is 0 Å². The minimum atomic E-state index is -4.67. The van der Waals surface area contributed by atoms with Gasteiger partial charge in [-0.15, -0.1) is 0 Å². The average molecular weight is 386 g/mol. The third kappa shape index (κ3) is 9.49. The Balaban J connectivity index is 2.90. The standard InChI is InChI=1S/C18H21F3N2O4/c1-17(2,3)27-16(25)23-14(9-12-7-5-4-6-8-12)15(24)26-13(11-22)10-18(19,20)21/h4-8,13-14H,9-10H2,1-3H3,(H,23,25)/t13-,14+/m1/s1. The van der Waals surface area contributed by atoms with E-state index in [1.165, 1.54) is 6.07 Å². The molecular weight excluding hydrogens is 365 g/mol. The summed E-state index contributed by atoms with van der Waals surface area (Å²) in [5.74, 6) is -1.15. The number of nitrogens with zero attached hydrogens (tertiary/aromatic N) is 1. The van der Waals surface area contributed by atoms with Gasteiger partial charge in [-0.3, -0.25) is 0 Å². The van der Waals surface area contributed by atoms with E-state index >= 15 is 0 Å². The molecule has 0 fully saturated rings. The number of hydrogen-bond acceptors (Lipinski definition) is 5. The van der Waals surface area contributed by atoms with Gasteiger partial charge in [-0.25, -0.2) is 9.59 Å². The molecule has 0 bridgehead atoms. The lowest BCUT2D eigenvalue weighted by atomic mass is 10.1. The minimum absolute atomic E-state index is 0.0386. The number of alkyl carbamates (subject to hydrolysis) is 1. The Labute approximate surface area is 155 Å². The highest BCUT2D eigenvalue weighted by Crippen LogP contribution is 2.23. The van der Waals surface area contributed by atoms with Crippen molar-refractivity contribution in [3.05, 3.63) is 35.9 Å². The molecule has 1 aromatic rings. The van der Waals surface area contributed by atoms with Gasteiger partial charge in [0, 0.05) is 6.42 Å². The lowest BCUT2D eigenvalue weighted by molar-refractivity contribution is -0.168.